The van der Waals surface area contributed by atoms with Crippen molar-refractivity contribution < 1.29 is 5.11 Å². The zero-order valence-electron chi connectivity index (χ0n) is 8.92. The second-order valence-electron chi connectivity index (χ2n) is 5.09. The lowest BCUT2D eigenvalue weighted by molar-refractivity contribution is 0.462. The summed E-state index contributed by atoms with van der Waals surface area (Å²) >= 11 is 0. The summed E-state index contributed by atoms with van der Waals surface area (Å²) in [6, 6.07) is 3.91. The molecule has 15 heavy (non-hydrogen) atoms. The van der Waals surface area contributed by atoms with Gasteiger partial charge in [0.05, 0.1) is 0 Å². The van der Waals surface area contributed by atoms with Gasteiger partial charge >= 0.3 is 0 Å². The van der Waals surface area contributed by atoms with Gasteiger partial charge in [0.1, 0.15) is 5.75 Å². The number of benzene rings is 1. The summed E-state index contributed by atoms with van der Waals surface area (Å²) in [4.78, 5) is 0. The molecule has 1 fully saturated rings. The minimum absolute atomic E-state index is 0.00477. The third-order valence-corrected chi connectivity index (χ3v) is 3.80. The van der Waals surface area contributed by atoms with Crippen molar-refractivity contribution in [2.75, 3.05) is 0 Å². The molecule has 2 aliphatic carbocycles. The van der Waals surface area contributed by atoms with E-state index in [4.69, 9.17) is 5.73 Å². The van der Waals surface area contributed by atoms with Crippen molar-refractivity contribution in [3.8, 4) is 5.75 Å². The van der Waals surface area contributed by atoms with Gasteiger partial charge in [-0.1, -0.05) is 6.07 Å². The maximum Gasteiger partial charge on any atom is 0.119 e. The number of hydrogen-bond acceptors (Lipinski definition) is 2. The van der Waals surface area contributed by atoms with Gasteiger partial charge in [-0.2, -0.15) is 0 Å². The van der Waals surface area contributed by atoms with Crippen molar-refractivity contribution in [1.82, 2.24) is 0 Å². The van der Waals surface area contributed by atoms with Crippen LogP contribution < -0.4 is 5.73 Å². The van der Waals surface area contributed by atoms with E-state index in [1.807, 2.05) is 6.07 Å². The number of nitrogens with two attached hydrogens (primary N) is 1. The lowest BCUT2D eigenvalue weighted by Crippen LogP contribution is -2.25. The van der Waals surface area contributed by atoms with Gasteiger partial charge in [0, 0.05) is 5.54 Å². The normalized spacial score (nSPS) is 21.4. The molecule has 0 unspecified atom stereocenters. The molecule has 0 amide bonds. The lowest BCUT2D eigenvalue weighted by atomic mass is 9.95. The summed E-state index contributed by atoms with van der Waals surface area (Å²) in [7, 11) is 0. The average molecular weight is 203 g/mol. The molecule has 80 valence electrons. The maximum absolute atomic E-state index is 9.91. The molecule has 1 aromatic rings. The van der Waals surface area contributed by atoms with Crippen LogP contribution in [0.5, 0.6) is 5.75 Å². The van der Waals surface area contributed by atoms with Gasteiger partial charge in [0.15, 0.2) is 0 Å². The minimum Gasteiger partial charge on any atom is -0.508 e. The summed E-state index contributed by atoms with van der Waals surface area (Å²) < 4.78 is 0. The Hall–Kier alpha value is -1.02. The Balaban J connectivity index is 2.01. The standard InChI is InChI=1S/C13H17NO/c14-13(6-7-13)8-11-10-3-1-2-9(10)4-5-12(11)15/h4-5,15H,1-3,6-8,14H2. The van der Waals surface area contributed by atoms with Gasteiger partial charge in [-0.15, -0.1) is 0 Å². The fourth-order valence-corrected chi connectivity index (χ4v) is 2.62. The van der Waals surface area contributed by atoms with Crippen LogP contribution in [0.25, 0.3) is 0 Å². The molecular weight excluding hydrogens is 186 g/mol. The van der Waals surface area contributed by atoms with E-state index in [1.165, 1.54) is 24.0 Å². The predicted octanol–water partition coefficient (Wildman–Crippen LogP) is 1.91. The largest absolute Gasteiger partial charge is 0.508 e. The van der Waals surface area contributed by atoms with Crippen molar-refractivity contribution in [3.63, 3.8) is 0 Å². The highest BCUT2D eigenvalue weighted by molar-refractivity contribution is 5.47. The molecule has 1 aromatic carbocycles. The SMILES string of the molecule is NC1(Cc2c(O)ccc3c2CCC3)CC1. The van der Waals surface area contributed by atoms with Crippen LogP contribution >= 0.6 is 0 Å². The highest BCUT2D eigenvalue weighted by atomic mass is 16.3. The first kappa shape index (κ1) is 9.22. The Kier molecular flexibility index (Phi) is 1.84. The van der Waals surface area contributed by atoms with Crippen LogP contribution in [-0.4, -0.2) is 10.6 Å². The van der Waals surface area contributed by atoms with Gasteiger partial charge in [0.25, 0.3) is 0 Å². The molecule has 0 aliphatic heterocycles. The molecule has 0 spiro atoms. The molecule has 2 heteroatoms. The highest BCUT2D eigenvalue weighted by Crippen LogP contribution is 2.40. The van der Waals surface area contributed by atoms with E-state index in [-0.39, 0.29) is 5.54 Å². The Morgan fingerprint density at radius 1 is 1.27 bits per heavy atom. The molecule has 3 rings (SSSR count). The minimum atomic E-state index is -0.00477. The Morgan fingerprint density at radius 2 is 2.07 bits per heavy atom. The van der Waals surface area contributed by atoms with Crippen molar-refractivity contribution in [2.24, 2.45) is 5.73 Å². The highest BCUT2D eigenvalue weighted by Gasteiger charge is 2.39. The molecule has 0 saturated heterocycles. The summed E-state index contributed by atoms with van der Waals surface area (Å²) in [5.74, 6) is 0.451. The number of aromatic hydroxyl groups is 1. The third kappa shape index (κ3) is 1.53. The Morgan fingerprint density at radius 3 is 2.80 bits per heavy atom. The van der Waals surface area contributed by atoms with Crippen molar-refractivity contribution >= 4 is 0 Å². The molecule has 2 aliphatic rings. The molecule has 0 aromatic heterocycles. The lowest BCUT2D eigenvalue weighted by Gasteiger charge is -2.14. The molecular formula is C13H17NO. The molecule has 0 atom stereocenters. The Bertz CT molecular complexity index is 407. The van der Waals surface area contributed by atoms with Crippen LogP contribution in [0.1, 0.15) is 36.0 Å². The monoisotopic (exact) mass is 203 g/mol. The van der Waals surface area contributed by atoms with Gasteiger partial charge in [-0.3, -0.25) is 0 Å². The summed E-state index contributed by atoms with van der Waals surface area (Å²) in [5.41, 5.74) is 10.1. The van der Waals surface area contributed by atoms with E-state index in [9.17, 15) is 5.11 Å². The van der Waals surface area contributed by atoms with E-state index in [0.29, 0.717) is 5.75 Å². The van der Waals surface area contributed by atoms with E-state index in [1.54, 1.807) is 0 Å². The second kappa shape index (κ2) is 2.99. The molecule has 0 bridgehead atoms. The van der Waals surface area contributed by atoms with Gasteiger partial charge in [-0.05, 0) is 61.3 Å². The zero-order valence-corrected chi connectivity index (χ0v) is 8.92. The van der Waals surface area contributed by atoms with Crippen LogP contribution in [0.15, 0.2) is 12.1 Å². The smallest absolute Gasteiger partial charge is 0.119 e. The molecule has 2 nitrogen and oxygen atoms in total. The van der Waals surface area contributed by atoms with E-state index < -0.39 is 0 Å². The molecule has 0 radical (unpaired) electrons. The number of rotatable bonds is 2. The first-order valence-corrected chi connectivity index (χ1v) is 5.79. The first-order valence-electron chi connectivity index (χ1n) is 5.79. The average Bonchev–Trinajstić information content (AvgIpc) is 2.78. The fraction of sp³-hybridized carbons (Fsp3) is 0.538. The van der Waals surface area contributed by atoms with Crippen molar-refractivity contribution in [3.05, 3.63) is 28.8 Å². The van der Waals surface area contributed by atoms with Gasteiger partial charge in [-0.25, -0.2) is 0 Å². The van der Waals surface area contributed by atoms with Crippen molar-refractivity contribution in [1.29, 1.82) is 0 Å². The van der Waals surface area contributed by atoms with Crippen molar-refractivity contribution in [2.45, 2.75) is 44.1 Å². The predicted molar refractivity (Wildman–Crippen MR) is 60.0 cm³/mol. The van der Waals surface area contributed by atoms with Crippen LogP contribution in [-0.2, 0) is 19.3 Å². The molecule has 0 heterocycles. The van der Waals surface area contributed by atoms with Crippen LogP contribution in [0, 0.1) is 0 Å². The Labute approximate surface area is 90.1 Å². The summed E-state index contributed by atoms with van der Waals surface area (Å²) in [6.07, 6.45) is 6.59. The quantitative estimate of drug-likeness (QED) is 0.771. The number of aryl methyl sites for hydroxylation is 1. The van der Waals surface area contributed by atoms with Crippen LogP contribution in [0.4, 0.5) is 0 Å². The maximum atomic E-state index is 9.91. The number of phenolic OH excluding ortho intramolecular Hbond substituents is 1. The number of hydrogen-bond donors (Lipinski definition) is 2. The summed E-state index contributed by atoms with van der Waals surface area (Å²) in [6.45, 7) is 0. The topological polar surface area (TPSA) is 46.2 Å². The van der Waals surface area contributed by atoms with E-state index >= 15 is 0 Å². The molecule has 1 saturated carbocycles. The second-order valence-corrected chi connectivity index (χ2v) is 5.09. The first-order chi connectivity index (χ1) is 7.18. The summed E-state index contributed by atoms with van der Waals surface area (Å²) in [5, 5.41) is 9.91. The number of fused-ring (bicyclic) bond motifs is 1. The van der Waals surface area contributed by atoms with Gasteiger partial charge < -0.3 is 10.8 Å². The fourth-order valence-electron chi connectivity index (χ4n) is 2.62. The van der Waals surface area contributed by atoms with E-state index in [2.05, 4.69) is 6.07 Å². The van der Waals surface area contributed by atoms with Crippen LogP contribution in [0.3, 0.4) is 0 Å². The van der Waals surface area contributed by atoms with E-state index in [0.717, 1.165) is 31.2 Å². The van der Waals surface area contributed by atoms with Gasteiger partial charge in [0.2, 0.25) is 0 Å². The molecule has 3 N–H and O–H groups in total. The zero-order chi connectivity index (χ0) is 10.5. The van der Waals surface area contributed by atoms with Crippen LogP contribution in [0.2, 0.25) is 0 Å². The number of phenols is 1. The third-order valence-electron chi connectivity index (χ3n) is 3.80.